The van der Waals surface area contributed by atoms with E-state index in [9.17, 15) is 4.79 Å². The smallest absolute Gasteiger partial charge is 0.263 e. The van der Waals surface area contributed by atoms with E-state index in [0.29, 0.717) is 42.9 Å². The van der Waals surface area contributed by atoms with Gasteiger partial charge >= 0.3 is 0 Å². The van der Waals surface area contributed by atoms with Crippen molar-refractivity contribution >= 4 is 17.4 Å². The molecule has 1 aliphatic rings. The average Bonchev–Trinajstić information content (AvgIpc) is 2.86. The first-order valence-corrected chi connectivity index (χ1v) is 11.1. The fourth-order valence-electron chi connectivity index (χ4n) is 3.78. The summed E-state index contributed by atoms with van der Waals surface area (Å²) in [5.74, 6) is 3.20. The molecule has 1 aliphatic heterocycles. The van der Waals surface area contributed by atoms with Gasteiger partial charge < -0.3 is 24.4 Å². The van der Waals surface area contributed by atoms with Crippen LogP contribution in [0.3, 0.4) is 0 Å². The summed E-state index contributed by atoms with van der Waals surface area (Å²) >= 11 is 0. The van der Waals surface area contributed by atoms with E-state index in [1.807, 2.05) is 49.4 Å². The molecule has 0 aliphatic carbocycles. The number of carbonyl (C=O) groups excluding carboxylic acids is 1. The third kappa shape index (κ3) is 5.71. The first-order valence-electron chi connectivity index (χ1n) is 11.1. The summed E-state index contributed by atoms with van der Waals surface area (Å²) in [4.78, 5) is 23.8. The number of nitrogens with one attached hydrogen (secondary N) is 1. The van der Waals surface area contributed by atoms with Crippen LogP contribution in [0.15, 0.2) is 60.9 Å². The predicted molar refractivity (Wildman–Crippen MR) is 126 cm³/mol. The summed E-state index contributed by atoms with van der Waals surface area (Å²) in [6, 6.07) is 14.8. The number of amides is 1. The van der Waals surface area contributed by atoms with Gasteiger partial charge in [0, 0.05) is 43.2 Å². The summed E-state index contributed by atoms with van der Waals surface area (Å²) in [5.41, 5.74) is 0.772. The lowest BCUT2D eigenvalue weighted by Crippen LogP contribution is -2.38. The van der Waals surface area contributed by atoms with Gasteiger partial charge in [0.2, 0.25) is 5.91 Å². The highest BCUT2D eigenvalue weighted by Gasteiger charge is 2.27. The minimum atomic E-state index is -0.0627. The van der Waals surface area contributed by atoms with E-state index in [1.165, 1.54) is 0 Å². The molecule has 0 radical (unpaired) electrons. The molecule has 1 saturated heterocycles. The number of aromatic nitrogens is 2. The number of nitrogens with zero attached hydrogens (tertiary/aromatic N) is 3. The van der Waals surface area contributed by atoms with Crippen LogP contribution >= 0.6 is 0 Å². The van der Waals surface area contributed by atoms with E-state index in [4.69, 9.17) is 14.2 Å². The van der Waals surface area contributed by atoms with Crippen LogP contribution in [0.4, 0.5) is 11.5 Å². The molecule has 4 rings (SSSR count). The molecule has 2 heterocycles. The van der Waals surface area contributed by atoms with Crippen LogP contribution in [0.2, 0.25) is 0 Å². The third-order valence-electron chi connectivity index (χ3n) is 5.50. The molecule has 1 amide bonds. The van der Waals surface area contributed by atoms with Gasteiger partial charge in [0.05, 0.1) is 13.7 Å². The normalized spacial score (nSPS) is 13.9. The minimum Gasteiger partial charge on any atom is -0.497 e. The number of carbonyl (C=O) groups is 1. The van der Waals surface area contributed by atoms with Gasteiger partial charge in [-0.15, -0.1) is 0 Å². The molecule has 33 heavy (non-hydrogen) atoms. The maximum absolute atomic E-state index is 12.8. The Balaban J connectivity index is 1.36. The van der Waals surface area contributed by atoms with E-state index in [2.05, 4.69) is 20.2 Å². The number of piperidine rings is 1. The van der Waals surface area contributed by atoms with Crippen molar-refractivity contribution in [2.75, 3.05) is 37.0 Å². The lowest BCUT2D eigenvalue weighted by Gasteiger charge is -2.32. The van der Waals surface area contributed by atoms with Crippen molar-refractivity contribution in [1.82, 2.24) is 9.97 Å². The molecule has 172 valence electrons. The van der Waals surface area contributed by atoms with E-state index in [-0.39, 0.29) is 11.8 Å². The van der Waals surface area contributed by atoms with Gasteiger partial charge in [-0.05, 0) is 56.2 Å². The topological polar surface area (TPSA) is 85.8 Å². The van der Waals surface area contributed by atoms with E-state index >= 15 is 0 Å². The van der Waals surface area contributed by atoms with Crippen LogP contribution in [0, 0.1) is 5.92 Å². The predicted octanol–water partition coefficient (Wildman–Crippen LogP) is 4.53. The molecule has 2 aromatic carbocycles. The largest absolute Gasteiger partial charge is 0.497 e. The zero-order valence-electron chi connectivity index (χ0n) is 18.9. The minimum absolute atomic E-state index is 0.0332. The number of ether oxygens (including phenoxy) is 3. The van der Waals surface area contributed by atoms with Gasteiger partial charge in [0.1, 0.15) is 17.2 Å². The Morgan fingerprint density at radius 1 is 1.03 bits per heavy atom. The molecule has 1 fully saturated rings. The second kappa shape index (κ2) is 10.7. The van der Waals surface area contributed by atoms with Crippen LogP contribution in [0.1, 0.15) is 19.8 Å². The Labute approximate surface area is 193 Å². The number of rotatable bonds is 8. The van der Waals surface area contributed by atoms with Crippen molar-refractivity contribution in [2.45, 2.75) is 19.8 Å². The zero-order chi connectivity index (χ0) is 23.0. The maximum Gasteiger partial charge on any atom is 0.263 e. The number of hydrogen-bond donors (Lipinski definition) is 1. The highest BCUT2D eigenvalue weighted by atomic mass is 16.5. The van der Waals surface area contributed by atoms with Crippen LogP contribution in [0.25, 0.3) is 0 Å². The second-order valence-corrected chi connectivity index (χ2v) is 7.67. The Morgan fingerprint density at radius 3 is 2.48 bits per heavy atom. The fraction of sp³-hybridized carbons (Fsp3) is 0.320. The van der Waals surface area contributed by atoms with Crippen LogP contribution < -0.4 is 24.4 Å². The molecular formula is C25H28N4O4. The molecule has 8 heteroatoms. The first-order chi connectivity index (χ1) is 16.2. The van der Waals surface area contributed by atoms with Gasteiger partial charge in [-0.2, -0.15) is 0 Å². The molecule has 0 atom stereocenters. The highest BCUT2D eigenvalue weighted by Crippen LogP contribution is 2.32. The van der Waals surface area contributed by atoms with Crippen LogP contribution in [-0.2, 0) is 4.79 Å². The summed E-state index contributed by atoms with van der Waals surface area (Å²) in [7, 11) is 1.61. The summed E-state index contributed by atoms with van der Waals surface area (Å²) in [5, 5.41) is 3.01. The van der Waals surface area contributed by atoms with Crippen molar-refractivity contribution in [3.63, 3.8) is 0 Å². The molecule has 0 bridgehead atoms. The van der Waals surface area contributed by atoms with Crippen molar-refractivity contribution in [2.24, 2.45) is 5.92 Å². The SMILES string of the molecule is CCOc1ccc(NC(=O)C2CCN(c3nccnc3Oc3cccc(OC)c3)CC2)cc1. The van der Waals surface area contributed by atoms with Crippen molar-refractivity contribution in [1.29, 1.82) is 0 Å². The number of anilines is 2. The summed E-state index contributed by atoms with van der Waals surface area (Å²) in [6.45, 7) is 3.93. The van der Waals surface area contributed by atoms with Gasteiger partial charge in [-0.25, -0.2) is 9.97 Å². The quantitative estimate of drug-likeness (QED) is 0.542. The summed E-state index contributed by atoms with van der Waals surface area (Å²) < 4.78 is 16.7. The van der Waals surface area contributed by atoms with Crippen LogP contribution in [-0.4, -0.2) is 42.7 Å². The fourth-order valence-corrected chi connectivity index (χ4v) is 3.78. The lowest BCUT2D eigenvalue weighted by molar-refractivity contribution is -0.120. The molecule has 3 aromatic rings. The van der Waals surface area contributed by atoms with Gasteiger partial charge in [-0.1, -0.05) is 6.07 Å². The molecule has 8 nitrogen and oxygen atoms in total. The highest BCUT2D eigenvalue weighted by molar-refractivity contribution is 5.92. The molecule has 0 spiro atoms. The molecule has 1 N–H and O–H groups in total. The van der Waals surface area contributed by atoms with Gasteiger partial charge in [-0.3, -0.25) is 4.79 Å². The number of methoxy groups -OCH3 is 1. The van der Waals surface area contributed by atoms with E-state index in [1.54, 1.807) is 25.6 Å². The Morgan fingerprint density at radius 2 is 1.76 bits per heavy atom. The monoisotopic (exact) mass is 448 g/mol. The molecular weight excluding hydrogens is 420 g/mol. The Bertz CT molecular complexity index is 1070. The Hall–Kier alpha value is -3.81. The van der Waals surface area contributed by atoms with Crippen molar-refractivity contribution in [3.8, 4) is 23.1 Å². The molecule has 0 saturated carbocycles. The first kappa shape index (κ1) is 22.4. The average molecular weight is 449 g/mol. The lowest BCUT2D eigenvalue weighted by atomic mass is 9.96. The maximum atomic E-state index is 12.8. The number of benzene rings is 2. The zero-order valence-corrected chi connectivity index (χ0v) is 18.9. The molecule has 0 unspecified atom stereocenters. The molecule has 1 aromatic heterocycles. The Kier molecular flexibility index (Phi) is 7.24. The van der Waals surface area contributed by atoms with Crippen LogP contribution in [0.5, 0.6) is 23.1 Å². The second-order valence-electron chi connectivity index (χ2n) is 7.67. The number of hydrogen-bond acceptors (Lipinski definition) is 7. The standard InChI is InChI=1S/C25H28N4O4/c1-3-32-20-9-7-19(8-10-20)28-24(30)18-11-15-29(16-12-18)23-25(27-14-13-26-23)33-22-6-4-5-21(17-22)31-2/h4-10,13-14,17-18H,3,11-12,15-16H2,1-2H3,(H,28,30). The third-order valence-corrected chi connectivity index (χ3v) is 5.50. The van der Waals surface area contributed by atoms with Crippen molar-refractivity contribution < 1.29 is 19.0 Å². The van der Waals surface area contributed by atoms with Crippen molar-refractivity contribution in [3.05, 3.63) is 60.9 Å². The van der Waals surface area contributed by atoms with E-state index < -0.39 is 0 Å². The summed E-state index contributed by atoms with van der Waals surface area (Å²) in [6.07, 6.45) is 4.70. The van der Waals surface area contributed by atoms with E-state index in [0.717, 1.165) is 24.3 Å². The van der Waals surface area contributed by atoms with Gasteiger partial charge in [0.15, 0.2) is 5.82 Å². The van der Waals surface area contributed by atoms with Gasteiger partial charge in [0.25, 0.3) is 5.88 Å².